The van der Waals surface area contributed by atoms with Crippen LogP contribution in [-0.4, -0.2) is 16.1 Å². The fourth-order valence-electron chi connectivity index (χ4n) is 4.09. The summed E-state index contributed by atoms with van der Waals surface area (Å²) in [4.78, 5) is 15.3. The summed E-state index contributed by atoms with van der Waals surface area (Å²) in [5.74, 6) is -0.953. The third-order valence-corrected chi connectivity index (χ3v) is 6.01. The first-order valence-corrected chi connectivity index (χ1v) is 9.55. The highest BCUT2D eigenvalue weighted by Crippen LogP contribution is 2.47. The van der Waals surface area contributed by atoms with E-state index in [2.05, 4.69) is 51.7 Å². The monoisotopic (exact) mass is 363 g/mol. The largest absolute Gasteiger partial charge is 0.478 e. The molecule has 1 aromatic heterocycles. The van der Waals surface area contributed by atoms with Gasteiger partial charge >= 0.3 is 5.97 Å². The van der Waals surface area contributed by atoms with Gasteiger partial charge in [-0.05, 0) is 83.5 Å². The number of fused-ring (bicyclic) bond motifs is 1. The van der Waals surface area contributed by atoms with E-state index >= 15 is 0 Å². The van der Waals surface area contributed by atoms with Crippen molar-refractivity contribution < 1.29 is 9.90 Å². The van der Waals surface area contributed by atoms with Gasteiger partial charge < -0.3 is 5.11 Å². The average Bonchev–Trinajstić information content (AvgIpc) is 2.58. The van der Waals surface area contributed by atoms with Crippen LogP contribution in [-0.2, 0) is 15.6 Å². The number of pyridine rings is 1. The Hall–Kier alpha value is -2.42. The van der Waals surface area contributed by atoms with Crippen LogP contribution in [0.5, 0.6) is 0 Å². The number of aryl methyl sites for hydroxylation is 2. The normalized spacial score (nSPS) is 17.7. The number of nitrogens with zero attached hydrogens (tertiary/aromatic N) is 1. The van der Waals surface area contributed by atoms with Gasteiger partial charge in [-0.2, -0.15) is 0 Å². The van der Waals surface area contributed by atoms with Crippen LogP contribution in [0.2, 0.25) is 0 Å². The Bertz CT molecular complexity index is 936. The molecule has 3 heteroatoms. The molecule has 3 nitrogen and oxygen atoms in total. The number of carboxylic acid groups (broad SMARTS) is 1. The first kappa shape index (κ1) is 19.3. The zero-order valence-electron chi connectivity index (χ0n) is 17.2. The SMILES string of the molecule is Cc1cc2c(cc1-c1cc(/C=C/C(=O)O)cnc1C)C(C)(C)CCC2(C)C. The van der Waals surface area contributed by atoms with Crippen LogP contribution in [0, 0.1) is 13.8 Å². The van der Waals surface area contributed by atoms with Gasteiger partial charge in [0.05, 0.1) is 0 Å². The van der Waals surface area contributed by atoms with Gasteiger partial charge in [-0.15, -0.1) is 0 Å². The molecule has 0 spiro atoms. The number of carbonyl (C=O) groups is 1. The second-order valence-corrected chi connectivity index (χ2v) is 9.05. The Balaban J connectivity index is 2.19. The third kappa shape index (κ3) is 3.69. The van der Waals surface area contributed by atoms with Crippen molar-refractivity contribution in [2.75, 3.05) is 0 Å². The molecule has 0 aliphatic heterocycles. The predicted molar refractivity (Wildman–Crippen MR) is 111 cm³/mol. The summed E-state index contributed by atoms with van der Waals surface area (Å²) in [6.45, 7) is 13.5. The highest BCUT2D eigenvalue weighted by Gasteiger charge is 2.37. The van der Waals surface area contributed by atoms with E-state index in [9.17, 15) is 4.79 Å². The van der Waals surface area contributed by atoms with Gasteiger partial charge in [-0.1, -0.05) is 33.8 Å². The second-order valence-electron chi connectivity index (χ2n) is 9.05. The molecule has 0 atom stereocenters. The smallest absolute Gasteiger partial charge is 0.328 e. The van der Waals surface area contributed by atoms with Crippen LogP contribution in [0.3, 0.4) is 0 Å². The molecular formula is C24H29NO2. The van der Waals surface area contributed by atoms with Crippen molar-refractivity contribution in [3.63, 3.8) is 0 Å². The van der Waals surface area contributed by atoms with E-state index in [1.165, 1.54) is 35.1 Å². The Kier molecular flexibility index (Phi) is 4.75. The van der Waals surface area contributed by atoms with E-state index in [-0.39, 0.29) is 10.8 Å². The van der Waals surface area contributed by atoms with Crippen molar-refractivity contribution in [2.24, 2.45) is 0 Å². The van der Waals surface area contributed by atoms with Crippen molar-refractivity contribution >= 4 is 12.0 Å². The minimum atomic E-state index is -0.953. The maximum atomic E-state index is 10.8. The zero-order valence-corrected chi connectivity index (χ0v) is 17.2. The van der Waals surface area contributed by atoms with Gasteiger partial charge in [-0.25, -0.2) is 4.79 Å². The lowest BCUT2D eigenvalue weighted by Gasteiger charge is -2.42. The van der Waals surface area contributed by atoms with Gasteiger partial charge in [0.15, 0.2) is 0 Å². The molecule has 142 valence electrons. The highest BCUT2D eigenvalue weighted by molar-refractivity contribution is 5.85. The molecule has 0 saturated carbocycles. The summed E-state index contributed by atoms with van der Waals surface area (Å²) < 4.78 is 0. The van der Waals surface area contributed by atoms with E-state index in [4.69, 9.17) is 5.11 Å². The fraction of sp³-hybridized carbons (Fsp3) is 0.417. The second kappa shape index (κ2) is 6.63. The quantitative estimate of drug-likeness (QED) is 0.700. The maximum absolute atomic E-state index is 10.8. The number of carboxylic acids is 1. The van der Waals surface area contributed by atoms with E-state index in [1.807, 2.05) is 13.0 Å². The molecule has 1 aliphatic carbocycles. The maximum Gasteiger partial charge on any atom is 0.328 e. The fourth-order valence-corrected chi connectivity index (χ4v) is 4.09. The van der Waals surface area contributed by atoms with Crippen LogP contribution in [0.15, 0.2) is 30.5 Å². The van der Waals surface area contributed by atoms with Crippen LogP contribution in [0.1, 0.15) is 68.5 Å². The van der Waals surface area contributed by atoms with Gasteiger partial charge in [0.2, 0.25) is 0 Å². The van der Waals surface area contributed by atoms with Crippen molar-refractivity contribution in [2.45, 2.75) is 65.2 Å². The molecule has 1 heterocycles. The lowest BCUT2D eigenvalue weighted by molar-refractivity contribution is -0.131. The molecule has 0 unspecified atom stereocenters. The lowest BCUT2D eigenvalue weighted by atomic mass is 9.62. The van der Waals surface area contributed by atoms with Crippen LogP contribution in [0.4, 0.5) is 0 Å². The number of rotatable bonds is 3. The minimum absolute atomic E-state index is 0.148. The number of hydrogen-bond donors (Lipinski definition) is 1. The molecule has 0 amide bonds. The van der Waals surface area contributed by atoms with Gasteiger partial charge in [-0.3, -0.25) is 4.98 Å². The zero-order chi connectivity index (χ0) is 20.0. The first-order valence-electron chi connectivity index (χ1n) is 9.55. The van der Waals surface area contributed by atoms with Crippen LogP contribution < -0.4 is 0 Å². The third-order valence-electron chi connectivity index (χ3n) is 6.01. The highest BCUT2D eigenvalue weighted by atomic mass is 16.4. The summed E-state index contributed by atoms with van der Waals surface area (Å²) in [6.07, 6.45) is 6.84. The van der Waals surface area contributed by atoms with E-state index < -0.39 is 5.97 Å². The van der Waals surface area contributed by atoms with Crippen molar-refractivity contribution in [3.8, 4) is 11.1 Å². The molecule has 27 heavy (non-hydrogen) atoms. The molecular weight excluding hydrogens is 334 g/mol. The molecule has 1 aliphatic rings. The number of hydrogen-bond acceptors (Lipinski definition) is 2. The molecule has 0 fully saturated rings. The molecule has 0 radical (unpaired) electrons. The van der Waals surface area contributed by atoms with Crippen molar-refractivity contribution in [1.29, 1.82) is 0 Å². The Morgan fingerprint density at radius 3 is 2.19 bits per heavy atom. The summed E-state index contributed by atoms with van der Waals surface area (Å²) in [5, 5.41) is 8.89. The summed E-state index contributed by atoms with van der Waals surface area (Å²) in [5.41, 5.74) is 8.47. The molecule has 2 aromatic rings. The predicted octanol–water partition coefficient (Wildman–Crippen LogP) is 5.81. The average molecular weight is 364 g/mol. The van der Waals surface area contributed by atoms with Crippen LogP contribution in [0.25, 0.3) is 17.2 Å². The molecule has 0 saturated heterocycles. The number of aliphatic carboxylic acids is 1. The lowest BCUT2D eigenvalue weighted by Crippen LogP contribution is -2.34. The summed E-state index contributed by atoms with van der Waals surface area (Å²) in [7, 11) is 0. The summed E-state index contributed by atoms with van der Waals surface area (Å²) in [6, 6.07) is 6.74. The molecule has 3 rings (SSSR count). The van der Waals surface area contributed by atoms with Crippen molar-refractivity contribution in [3.05, 3.63) is 58.4 Å². The molecule has 0 bridgehead atoms. The van der Waals surface area contributed by atoms with E-state index in [0.717, 1.165) is 22.9 Å². The Morgan fingerprint density at radius 1 is 1.00 bits per heavy atom. The Labute approximate surface area is 162 Å². The molecule has 1 N–H and O–H groups in total. The number of benzene rings is 1. The Morgan fingerprint density at radius 2 is 1.59 bits per heavy atom. The van der Waals surface area contributed by atoms with E-state index in [1.54, 1.807) is 12.3 Å². The molecule has 1 aromatic carbocycles. The van der Waals surface area contributed by atoms with E-state index in [0.29, 0.717) is 0 Å². The van der Waals surface area contributed by atoms with Crippen LogP contribution >= 0.6 is 0 Å². The summed E-state index contributed by atoms with van der Waals surface area (Å²) >= 11 is 0. The van der Waals surface area contributed by atoms with Gasteiger partial charge in [0, 0.05) is 23.5 Å². The van der Waals surface area contributed by atoms with Gasteiger partial charge in [0.25, 0.3) is 0 Å². The van der Waals surface area contributed by atoms with Gasteiger partial charge in [0.1, 0.15) is 0 Å². The first-order chi connectivity index (χ1) is 12.5. The standard InChI is InChI=1S/C24H29NO2/c1-15-11-20-21(24(5,6)10-9-23(20,3)4)13-18(15)19-12-17(7-8-22(26)27)14-25-16(19)2/h7-8,11-14H,9-10H2,1-6H3,(H,26,27)/b8-7+. The number of aromatic nitrogens is 1. The minimum Gasteiger partial charge on any atom is -0.478 e. The van der Waals surface area contributed by atoms with Crippen molar-refractivity contribution in [1.82, 2.24) is 4.98 Å². The topological polar surface area (TPSA) is 50.2 Å².